The number of Topliss-reactive ketones (excluding diaryl/α,β-unsaturated/α-hetero) is 1. The molecule has 1 aromatic rings. The van der Waals surface area contributed by atoms with E-state index in [1.54, 1.807) is 24.3 Å². The van der Waals surface area contributed by atoms with Crippen LogP contribution in [-0.4, -0.2) is 33.3 Å². The second kappa shape index (κ2) is 5.12. The van der Waals surface area contributed by atoms with E-state index in [-0.39, 0.29) is 18.0 Å². The molecule has 0 fully saturated rings. The molecule has 1 aromatic carbocycles. The van der Waals surface area contributed by atoms with Crippen molar-refractivity contribution in [1.29, 1.82) is 0 Å². The van der Waals surface area contributed by atoms with Gasteiger partial charge in [-0.25, -0.2) is 8.42 Å². The number of rotatable bonds is 5. The van der Waals surface area contributed by atoms with Gasteiger partial charge in [0.25, 0.3) is 0 Å². The molecule has 0 aromatic heterocycles. The molecule has 0 unspecified atom stereocenters. The van der Waals surface area contributed by atoms with Crippen molar-refractivity contribution in [3.8, 4) is 5.75 Å². The Kier molecular flexibility index (Phi) is 4.06. The van der Waals surface area contributed by atoms with Crippen molar-refractivity contribution in [2.24, 2.45) is 0 Å². The average molecular weight is 242 g/mol. The van der Waals surface area contributed by atoms with Gasteiger partial charge in [0, 0.05) is 12.7 Å². The Morgan fingerprint density at radius 2 is 1.94 bits per heavy atom. The zero-order valence-corrected chi connectivity index (χ0v) is 10.1. The lowest BCUT2D eigenvalue weighted by Crippen LogP contribution is -2.10. The molecule has 0 atom stereocenters. The van der Waals surface area contributed by atoms with Crippen molar-refractivity contribution in [2.45, 2.75) is 6.42 Å². The van der Waals surface area contributed by atoms with Crippen LogP contribution in [0.15, 0.2) is 24.3 Å². The molecular weight excluding hydrogens is 228 g/mol. The van der Waals surface area contributed by atoms with E-state index in [1.807, 2.05) is 0 Å². The molecule has 0 bridgehead atoms. The number of ether oxygens (including phenoxy) is 1. The Hall–Kier alpha value is -1.36. The quantitative estimate of drug-likeness (QED) is 0.730. The predicted octanol–water partition coefficient (Wildman–Crippen LogP) is 1.31. The molecule has 0 saturated carbocycles. The largest absolute Gasteiger partial charge is 0.496 e. The van der Waals surface area contributed by atoms with Gasteiger partial charge in [-0.3, -0.25) is 4.79 Å². The minimum Gasteiger partial charge on any atom is -0.496 e. The molecule has 0 radical (unpaired) electrons. The summed E-state index contributed by atoms with van der Waals surface area (Å²) in [5, 5.41) is 0. The number of sulfone groups is 1. The van der Waals surface area contributed by atoms with Crippen LogP contribution in [-0.2, 0) is 9.84 Å². The summed E-state index contributed by atoms with van der Waals surface area (Å²) in [6.45, 7) is 0. The highest BCUT2D eigenvalue weighted by Gasteiger charge is 2.13. The molecule has 0 aliphatic heterocycles. The summed E-state index contributed by atoms with van der Waals surface area (Å²) in [6.07, 6.45) is 1.10. The molecular formula is C11H14O4S. The van der Waals surface area contributed by atoms with E-state index < -0.39 is 9.84 Å². The number of para-hydroxylation sites is 1. The average Bonchev–Trinajstić information content (AvgIpc) is 2.25. The summed E-state index contributed by atoms with van der Waals surface area (Å²) < 4.78 is 26.9. The lowest BCUT2D eigenvalue weighted by Gasteiger charge is -2.06. The molecule has 16 heavy (non-hydrogen) atoms. The highest BCUT2D eigenvalue weighted by Crippen LogP contribution is 2.19. The van der Waals surface area contributed by atoms with Crippen molar-refractivity contribution in [3.63, 3.8) is 0 Å². The molecule has 0 saturated heterocycles. The summed E-state index contributed by atoms with van der Waals surface area (Å²) in [5.41, 5.74) is 0.425. The Morgan fingerprint density at radius 3 is 2.50 bits per heavy atom. The van der Waals surface area contributed by atoms with Crippen LogP contribution in [0.5, 0.6) is 5.75 Å². The van der Waals surface area contributed by atoms with Gasteiger partial charge >= 0.3 is 0 Å². The van der Waals surface area contributed by atoms with Crippen LogP contribution in [0.1, 0.15) is 16.8 Å². The van der Waals surface area contributed by atoms with Crippen LogP contribution >= 0.6 is 0 Å². The third-order valence-corrected chi connectivity index (χ3v) is 3.05. The smallest absolute Gasteiger partial charge is 0.167 e. The van der Waals surface area contributed by atoms with Gasteiger partial charge in [0.15, 0.2) is 5.78 Å². The zero-order chi connectivity index (χ0) is 12.2. The van der Waals surface area contributed by atoms with Crippen LogP contribution in [0.25, 0.3) is 0 Å². The van der Waals surface area contributed by atoms with Gasteiger partial charge < -0.3 is 4.74 Å². The maximum atomic E-state index is 11.7. The van der Waals surface area contributed by atoms with Crippen LogP contribution in [0.3, 0.4) is 0 Å². The number of carbonyl (C=O) groups excluding carboxylic acids is 1. The molecule has 0 spiro atoms. The number of hydrogen-bond donors (Lipinski definition) is 0. The molecule has 0 heterocycles. The van der Waals surface area contributed by atoms with Gasteiger partial charge in [-0.2, -0.15) is 0 Å². The van der Waals surface area contributed by atoms with Gasteiger partial charge in [-0.1, -0.05) is 12.1 Å². The number of methoxy groups -OCH3 is 1. The van der Waals surface area contributed by atoms with Gasteiger partial charge in [0.05, 0.1) is 18.4 Å². The maximum Gasteiger partial charge on any atom is 0.167 e. The number of carbonyl (C=O) groups is 1. The first-order valence-corrected chi connectivity index (χ1v) is 6.84. The van der Waals surface area contributed by atoms with Gasteiger partial charge in [-0.05, 0) is 12.1 Å². The summed E-state index contributed by atoms with van der Waals surface area (Å²) in [5.74, 6) is 0.119. The van der Waals surface area contributed by atoms with Crippen molar-refractivity contribution in [2.75, 3.05) is 19.1 Å². The summed E-state index contributed by atoms with van der Waals surface area (Å²) in [7, 11) is -1.63. The third kappa shape index (κ3) is 3.66. The predicted molar refractivity (Wildman–Crippen MR) is 61.7 cm³/mol. The fourth-order valence-corrected chi connectivity index (χ4v) is 1.84. The first-order valence-electron chi connectivity index (χ1n) is 4.78. The first kappa shape index (κ1) is 12.7. The topological polar surface area (TPSA) is 60.4 Å². The molecule has 0 aliphatic rings. The standard InChI is InChI=1S/C11H14O4S/c1-15-11-6-4-3-5-9(11)10(12)7-8-16(2,13)14/h3-6H,7-8H2,1-2H3. The second-order valence-electron chi connectivity index (χ2n) is 3.50. The summed E-state index contributed by atoms with van der Waals surface area (Å²) in [4.78, 5) is 11.7. The highest BCUT2D eigenvalue weighted by molar-refractivity contribution is 7.90. The fraction of sp³-hybridized carbons (Fsp3) is 0.364. The maximum absolute atomic E-state index is 11.7. The molecule has 5 heteroatoms. The molecule has 4 nitrogen and oxygen atoms in total. The van der Waals surface area contributed by atoms with E-state index in [4.69, 9.17) is 4.74 Å². The fourth-order valence-electron chi connectivity index (χ4n) is 1.29. The molecule has 88 valence electrons. The normalized spacial score (nSPS) is 11.1. The minimum absolute atomic E-state index is 0.0147. The van der Waals surface area contributed by atoms with E-state index in [0.717, 1.165) is 6.26 Å². The third-order valence-electron chi connectivity index (χ3n) is 2.11. The number of benzene rings is 1. The van der Waals surface area contributed by atoms with Gasteiger partial charge in [-0.15, -0.1) is 0 Å². The van der Waals surface area contributed by atoms with Crippen molar-refractivity contribution >= 4 is 15.6 Å². The molecule has 0 N–H and O–H groups in total. The number of ketones is 1. The molecule has 1 rings (SSSR count). The monoisotopic (exact) mass is 242 g/mol. The number of hydrogen-bond acceptors (Lipinski definition) is 4. The zero-order valence-electron chi connectivity index (χ0n) is 9.26. The molecule has 0 aliphatic carbocycles. The van der Waals surface area contributed by atoms with Gasteiger partial charge in [0.1, 0.15) is 15.6 Å². The lowest BCUT2D eigenvalue weighted by atomic mass is 10.1. The Labute approximate surface area is 95.2 Å². The van der Waals surface area contributed by atoms with Crippen LogP contribution in [0.2, 0.25) is 0 Å². The van der Waals surface area contributed by atoms with E-state index in [2.05, 4.69) is 0 Å². The van der Waals surface area contributed by atoms with E-state index in [1.165, 1.54) is 7.11 Å². The second-order valence-corrected chi connectivity index (χ2v) is 5.76. The SMILES string of the molecule is COc1ccccc1C(=O)CCS(C)(=O)=O. The Morgan fingerprint density at radius 1 is 1.31 bits per heavy atom. The van der Waals surface area contributed by atoms with Crippen LogP contribution < -0.4 is 4.74 Å². The van der Waals surface area contributed by atoms with E-state index in [0.29, 0.717) is 11.3 Å². The van der Waals surface area contributed by atoms with E-state index >= 15 is 0 Å². The first-order chi connectivity index (χ1) is 7.44. The van der Waals surface area contributed by atoms with E-state index in [9.17, 15) is 13.2 Å². The van der Waals surface area contributed by atoms with Crippen molar-refractivity contribution in [1.82, 2.24) is 0 Å². The minimum atomic E-state index is -3.11. The highest BCUT2D eigenvalue weighted by atomic mass is 32.2. The van der Waals surface area contributed by atoms with Crippen molar-refractivity contribution < 1.29 is 17.9 Å². The Bertz CT molecular complexity index is 477. The Balaban J connectivity index is 2.81. The van der Waals surface area contributed by atoms with Gasteiger partial charge in [0.2, 0.25) is 0 Å². The van der Waals surface area contributed by atoms with Crippen LogP contribution in [0, 0.1) is 0 Å². The summed E-state index contributed by atoms with van der Waals surface area (Å²) >= 11 is 0. The van der Waals surface area contributed by atoms with Crippen molar-refractivity contribution in [3.05, 3.63) is 29.8 Å². The summed E-state index contributed by atoms with van der Waals surface area (Å²) in [6, 6.07) is 6.78. The molecule has 0 amide bonds. The lowest BCUT2D eigenvalue weighted by molar-refractivity contribution is 0.0986. The van der Waals surface area contributed by atoms with Crippen LogP contribution in [0.4, 0.5) is 0 Å².